The highest BCUT2D eigenvalue weighted by atomic mass is 16.7. The van der Waals surface area contributed by atoms with E-state index in [1.54, 1.807) is 0 Å². The number of amides is 2. The predicted molar refractivity (Wildman–Crippen MR) is 126 cm³/mol. The molecule has 7 heteroatoms. The molecule has 7 rings (SSSR count). The molecule has 2 atom stereocenters. The van der Waals surface area contributed by atoms with Gasteiger partial charge in [-0.05, 0) is 42.2 Å². The van der Waals surface area contributed by atoms with Crippen LogP contribution in [0.3, 0.4) is 0 Å². The van der Waals surface area contributed by atoms with Gasteiger partial charge < -0.3 is 24.3 Å². The van der Waals surface area contributed by atoms with Crippen molar-refractivity contribution in [2.24, 2.45) is 0 Å². The zero-order valence-electron chi connectivity index (χ0n) is 19.0. The Hall–Kier alpha value is -3.48. The third kappa shape index (κ3) is 2.89. The van der Waals surface area contributed by atoms with E-state index in [-0.39, 0.29) is 37.2 Å². The molecule has 0 radical (unpaired) electrons. The number of piperazine rings is 1. The standard InChI is InChI=1S/C27H27N3O4/c31-24-14-29(17-6-2-1-3-7-17)27(32)21-13-19-18-8-4-5-9-20(18)28-25(19)26(30(21)24)16-10-11-22-23(12-16)34-15-33-22/h4-5,8-12,17,21,26,28H,1-3,6-7,13-15H2/t21-,26-/m0/s1. The largest absolute Gasteiger partial charge is 0.454 e. The predicted octanol–water partition coefficient (Wildman–Crippen LogP) is 3.91. The molecule has 1 N–H and O–H groups in total. The number of ether oxygens (including phenoxy) is 2. The Balaban J connectivity index is 1.37. The van der Waals surface area contributed by atoms with E-state index >= 15 is 0 Å². The number of aromatic nitrogens is 1. The number of H-pyrrole nitrogens is 1. The molecule has 2 fully saturated rings. The number of benzene rings is 2. The monoisotopic (exact) mass is 457 g/mol. The summed E-state index contributed by atoms with van der Waals surface area (Å²) >= 11 is 0. The number of carbonyl (C=O) groups is 2. The molecule has 7 nitrogen and oxygen atoms in total. The molecule has 0 bridgehead atoms. The Bertz CT molecular complexity index is 1310. The van der Waals surface area contributed by atoms with Crippen LogP contribution in [0.4, 0.5) is 0 Å². The Kier molecular flexibility index (Phi) is 4.41. The minimum atomic E-state index is -0.495. The van der Waals surface area contributed by atoms with Gasteiger partial charge in [0.2, 0.25) is 18.6 Å². The summed E-state index contributed by atoms with van der Waals surface area (Å²) in [4.78, 5) is 34.9. The molecule has 0 spiro atoms. The van der Waals surface area contributed by atoms with E-state index in [2.05, 4.69) is 17.1 Å². The molecule has 4 aliphatic rings. The van der Waals surface area contributed by atoms with Gasteiger partial charge in [-0.2, -0.15) is 0 Å². The van der Waals surface area contributed by atoms with E-state index in [9.17, 15) is 9.59 Å². The molecular weight excluding hydrogens is 430 g/mol. The van der Waals surface area contributed by atoms with Crippen LogP contribution in [0, 0.1) is 0 Å². The van der Waals surface area contributed by atoms with Crippen LogP contribution in [0.2, 0.25) is 0 Å². The van der Waals surface area contributed by atoms with Gasteiger partial charge in [-0.3, -0.25) is 9.59 Å². The molecule has 34 heavy (non-hydrogen) atoms. The number of aromatic amines is 1. The van der Waals surface area contributed by atoms with Crippen molar-refractivity contribution >= 4 is 22.7 Å². The highest BCUT2D eigenvalue weighted by Gasteiger charge is 2.49. The van der Waals surface area contributed by atoms with E-state index in [4.69, 9.17) is 9.47 Å². The third-order valence-electron chi connectivity index (χ3n) is 8.02. The van der Waals surface area contributed by atoms with Gasteiger partial charge in [0.15, 0.2) is 11.5 Å². The van der Waals surface area contributed by atoms with Crippen molar-refractivity contribution in [3.8, 4) is 11.5 Å². The first-order valence-corrected chi connectivity index (χ1v) is 12.3. The first-order valence-electron chi connectivity index (χ1n) is 12.3. The SMILES string of the molecule is O=C1[C@@H]2Cc3c([nH]c4ccccc34)[C@H](c3ccc4c(c3)OCO4)N2C(=O)CN1C1CCCCC1. The van der Waals surface area contributed by atoms with Crippen molar-refractivity contribution < 1.29 is 19.1 Å². The van der Waals surface area contributed by atoms with Gasteiger partial charge in [0, 0.05) is 29.1 Å². The molecular formula is C27H27N3O4. The summed E-state index contributed by atoms with van der Waals surface area (Å²) in [6, 6.07) is 13.3. The molecule has 1 saturated carbocycles. The first-order chi connectivity index (χ1) is 16.7. The summed E-state index contributed by atoms with van der Waals surface area (Å²) in [6.45, 7) is 0.359. The van der Waals surface area contributed by atoms with Gasteiger partial charge in [-0.15, -0.1) is 0 Å². The molecule has 4 heterocycles. The van der Waals surface area contributed by atoms with Crippen LogP contribution < -0.4 is 9.47 Å². The maximum Gasteiger partial charge on any atom is 0.246 e. The minimum Gasteiger partial charge on any atom is -0.454 e. The zero-order chi connectivity index (χ0) is 22.8. The van der Waals surface area contributed by atoms with Crippen LogP contribution in [0.1, 0.15) is 55.0 Å². The van der Waals surface area contributed by atoms with E-state index in [1.807, 2.05) is 40.1 Å². The molecule has 1 aliphatic carbocycles. The number of nitrogens with one attached hydrogen (secondary N) is 1. The number of nitrogens with zero attached hydrogens (tertiary/aromatic N) is 2. The minimum absolute atomic E-state index is 0.0159. The van der Waals surface area contributed by atoms with Crippen molar-refractivity contribution in [1.82, 2.24) is 14.8 Å². The number of hydrogen-bond acceptors (Lipinski definition) is 4. The topological polar surface area (TPSA) is 74.9 Å². The quantitative estimate of drug-likeness (QED) is 0.633. The van der Waals surface area contributed by atoms with Crippen LogP contribution >= 0.6 is 0 Å². The van der Waals surface area contributed by atoms with Crippen molar-refractivity contribution in [2.75, 3.05) is 13.3 Å². The molecule has 0 unspecified atom stereocenters. The fraction of sp³-hybridized carbons (Fsp3) is 0.407. The number of rotatable bonds is 2. The van der Waals surface area contributed by atoms with Crippen molar-refractivity contribution in [2.45, 2.75) is 56.7 Å². The fourth-order valence-corrected chi connectivity index (χ4v) is 6.42. The highest BCUT2D eigenvalue weighted by molar-refractivity contribution is 5.98. The molecule has 2 aromatic carbocycles. The molecule has 1 saturated heterocycles. The maximum atomic E-state index is 13.9. The van der Waals surface area contributed by atoms with Crippen LogP contribution in [0.5, 0.6) is 11.5 Å². The van der Waals surface area contributed by atoms with Crippen molar-refractivity contribution in [3.05, 3.63) is 59.3 Å². The first kappa shape index (κ1) is 19.9. The van der Waals surface area contributed by atoms with Gasteiger partial charge in [0.1, 0.15) is 12.6 Å². The average molecular weight is 458 g/mol. The number of para-hydroxylation sites is 1. The van der Waals surface area contributed by atoms with Crippen LogP contribution in [0.25, 0.3) is 10.9 Å². The second-order valence-corrected chi connectivity index (χ2v) is 9.86. The second-order valence-electron chi connectivity index (χ2n) is 9.86. The van der Waals surface area contributed by atoms with E-state index in [0.29, 0.717) is 17.9 Å². The van der Waals surface area contributed by atoms with Gasteiger partial charge in [0.25, 0.3) is 0 Å². The summed E-state index contributed by atoms with van der Waals surface area (Å²) < 4.78 is 11.2. The Labute approximate surface area is 197 Å². The normalized spacial score (nSPS) is 24.5. The van der Waals surface area contributed by atoms with Gasteiger partial charge in [-0.1, -0.05) is 43.5 Å². The smallest absolute Gasteiger partial charge is 0.246 e. The Morgan fingerprint density at radius 2 is 1.76 bits per heavy atom. The Morgan fingerprint density at radius 1 is 0.941 bits per heavy atom. The van der Waals surface area contributed by atoms with Gasteiger partial charge >= 0.3 is 0 Å². The number of hydrogen-bond donors (Lipinski definition) is 1. The lowest BCUT2D eigenvalue weighted by molar-refractivity contribution is -0.161. The molecule has 174 valence electrons. The lowest BCUT2D eigenvalue weighted by Crippen LogP contribution is -2.65. The maximum absolute atomic E-state index is 13.9. The van der Waals surface area contributed by atoms with Crippen molar-refractivity contribution in [3.63, 3.8) is 0 Å². The summed E-state index contributed by atoms with van der Waals surface area (Å²) in [5, 5.41) is 1.12. The van der Waals surface area contributed by atoms with E-state index in [0.717, 1.165) is 53.4 Å². The average Bonchev–Trinajstić information content (AvgIpc) is 3.49. The molecule has 3 aromatic rings. The lowest BCUT2D eigenvalue weighted by atomic mass is 9.85. The Morgan fingerprint density at radius 3 is 2.65 bits per heavy atom. The number of carbonyl (C=O) groups excluding carboxylic acids is 2. The molecule has 3 aliphatic heterocycles. The number of fused-ring (bicyclic) bond motifs is 5. The summed E-state index contributed by atoms with van der Waals surface area (Å²) in [5.74, 6) is 1.49. The second kappa shape index (κ2) is 7.52. The summed E-state index contributed by atoms with van der Waals surface area (Å²) in [5.41, 5.74) is 4.07. The summed E-state index contributed by atoms with van der Waals surface area (Å²) in [6.07, 6.45) is 6.00. The van der Waals surface area contributed by atoms with Crippen LogP contribution in [-0.2, 0) is 16.0 Å². The van der Waals surface area contributed by atoms with E-state index in [1.165, 1.54) is 6.42 Å². The molecule has 2 amide bonds. The zero-order valence-corrected chi connectivity index (χ0v) is 19.0. The van der Waals surface area contributed by atoms with Gasteiger partial charge in [0.05, 0.1) is 6.04 Å². The molecule has 1 aromatic heterocycles. The lowest BCUT2D eigenvalue weighted by Gasteiger charge is -2.49. The highest BCUT2D eigenvalue weighted by Crippen LogP contribution is 2.45. The summed E-state index contributed by atoms with van der Waals surface area (Å²) in [7, 11) is 0. The van der Waals surface area contributed by atoms with Crippen LogP contribution in [-0.4, -0.2) is 52.0 Å². The fourth-order valence-electron chi connectivity index (χ4n) is 6.42. The van der Waals surface area contributed by atoms with Crippen molar-refractivity contribution in [1.29, 1.82) is 0 Å². The van der Waals surface area contributed by atoms with Gasteiger partial charge in [-0.25, -0.2) is 0 Å². The third-order valence-corrected chi connectivity index (χ3v) is 8.02. The van der Waals surface area contributed by atoms with E-state index < -0.39 is 6.04 Å². The van der Waals surface area contributed by atoms with Crippen LogP contribution in [0.15, 0.2) is 42.5 Å².